The molecule has 0 amide bonds. The highest BCUT2D eigenvalue weighted by atomic mass is 16.5. The van der Waals surface area contributed by atoms with Crippen LogP contribution in [-0.2, 0) is 11.3 Å². The van der Waals surface area contributed by atoms with Gasteiger partial charge in [0.1, 0.15) is 12.4 Å². The molecule has 3 heteroatoms. The average Bonchev–Trinajstić information content (AvgIpc) is 2.85. The summed E-state index contributed by atoms with van der Waals surface area (Å²) in [6, 6.07) is 4.54. The van der Waals surface area contributed by atoms with E-state index in [1.165, 1.54) is 25.7 Å². The molecule has 1 aliphatic rings. The van der Waals surface area contributed by atoms with Gasteiger partial charge in [0.05, 0.1) is 6.26 Å². The van der Waals surface area contributed by atoms with Gasteiger partial charge in [0.25, 0.3) is 0 Å². The highest BCUT2D eigenvalue weighted by Gasteiger charge is 2.27. The molecule has 0 saturated heterocycles. The van der Waals surface area contributed by atoms with E-state index < -0.39 is 0 Å². The molecule has 0 aromatic carbocycles. The Morgan fingerprint density at radius 3 is 3.11 bits per heavy atom. The highest BCUT2D eigenvalue weighted by molar-refractivity contribution is 4.95. The van der Waals surface area contributed by atoms with E-state index >= 15 is 0 Å². The van der Waals surface area contributed by atoms with Crippen molar-refractivity contribution in [3.63, 3.8) is 0 Å². The Morgan fingerprint density at radius 2 is 2.37 bits per heavy atom. The minimum Gasteiger partial charge on any atom is -0.467 e. The molecule has 3 nitrogen and oxygen atoms in total. The molecule has 2 rings (SSSR count). The molecule has 1 saturated carbocycles. The van der Waals surface area contributed by atoms with Crippen LogP contribution in [0.3, 0.4) is 0 Å². The number of ether oxygens (including phenoxy) is 1. The molecule has 0 spiro atoms. The van der Waals surface area contributed by atoms with Gasteiger partial charge in [-0.05, 0) is 49.8 Å². The monoisotopic (exact) mass is 265 g/mol. The predicted molar refractivity (Wildman–Crippen MR) is 77.0 cm³/mol. The normalized spacial score (nSPS) is 22.5. The zero-order chi connectivity index (χ0) is 13.6. The van der Waals surface area contributed by atoms with Crippen molar-refractivity contribution in [1.82, 2.24) is 5.32 Å². The van der Waals surface area contributed by atoms with E-state index in [1.807, 2.05) is 12.1 Å². The molecule has 0 radical (unpaired) electrons. The molecule has 0 bridgehead atoms. The van der Waals surface area contributed by atoms with E-state index in [2.05, 4.69) is 19.2 Å². The summed E-state index contributed by atoms with van der Waals surface area (Å²) in [5.41, 5.74) is 0.520. The van der Waals surface area contributed by atoms with Crippen LogP contribution in [0.15, 0.2) is 22.8 Å². The minimum absolute atomic E-state index is 0.520. The standard InChI is InChI=1S/C16H27NO2/c1-16(2)8-3-6-14(12-16)17-9-5-10-18-13-15-7-4-11-19-15/h4,7,11,14,17H,3,5-6,8-10,12-13H2,1-2H3. The first kappa shape index (κ1) is 14.6. The van der Waals surface area contributed by atoms with Gasteiger partial charge in [0, 0.05) is 12.6 Å². The van der Waals surface area contributed by atoms with Gasteiger partial charge in [-0.3, -0.25) is 0 Å². The summed E-state index contributed by atoms with van der Waals surface area (Å²) in [6.07, 6.45) is 8.12. The second-order valence-corrected chi connectivity index (χ2v) is 6.40. The number of nitrogens with one attached hydrogen (secondary N) is 1. The van der Waals surface area contributed by atoms with E-state index in [4.69, 9.17) is 9.15 Å². The van der Waals surface area contributed by atoms with Gasteiger partial charge >= 0.3 is 0 Å². The van der Waals surface area contributed by atoms with Gasteiger partial charge in [-0.1, -0.05) is 20.3 Å². The van der Waals surface area contributed by atoms with E-state index in [1.54, 1.807) is 6.26 Å². The maximum atomic E-state index is 5.57. The molecule has 1 atom stereocenters. The second-order valence-electron chi connectivity index (χ2n) is 6.40. The maximum Gasteiger partial charge on any atom is 0.129 e. The number of hydrogen-bond donors (Lipinski definition) is 1. The first-order valence-corrected chi connectivity index (χ1v) is 7.49. The van der Waals surface area contributed by atoms with Gasteiger partial charge in [0.15, 0.2) is 0 Å². The zero-order valence-electron chi connectivity index (χ0n) is 12.3. The van der Waals surface area contributed by atoms with Crippen molar-refractivity contribution < 1.29 is 9.15 Å². The smallest absolute Gasteiger partial charge is 0.129 e. The lowest BCUT2D eigenvalue weighted by Crippen LogP contribution is -2.37. The molecule has 1 unspecified atom stereocenters. The fourth-order valence-corrected chi connectivity index (χ4v) is 2.92. The summed E-state index contributed by atoms with van der Waals surface area (Å²) in [6.45, 7) is 7.20. The van der Waals surface area contributed by atoms with Crippen molar-refractivity contribution >= 4 is 0 Å². The van der Waals surface area contributed by atoms with E-state index in [0.29, 0.717) is 18.1 Å². The van der Waals surface area contributed by atoms with Crippen LogP contribution in [0.2, 0.25) is 0 Å². The topological polar surface area (TPSA) is 34.4 Å². The summed E-state index contributed by atoms with van der Waals surface area (Å²) in [5.74, 6) is 0.905. The quantitative estimate of drug-likeness (QED) is 0.763. The summed E-state index contributed by atoms with van der Waals surface area (Å²) in [4.78, 5) is 0. The number of rotatable bonds is 7. The van der Waals surface area contributed by atoms with Crippen molar-refractivity contribution in [2.75, 3.05) is 13.2 Å². The van der Waals surface area contributed by atoms with Crippen molar-refractivity contribution in [1.29, 1.82) is 0 Å². The predicted octanol–water partition coefficient (Wildman–Crippen LogP) is 3.74. The number of furan rings is 1. The van der Waals surface area contributed by atoms with Crippen molar-refractivity contribution in [2.24, 2.45) is 5.41 Å². The zero-order valence-corrected chi connectivity index (χ0v) is 12.3. The van der Waals surface area contributed by atoms with Gasteiger partial charge in [0.2, 0.25) is 0 Å². The molecule has 1 aromatic rings. The van der Waals surface area contributed by atoms with E-state index in [0.717, 1.165) is 25.3 Å². The molecular formula is C16H27NO2. The SMILES string of the molecule is CC1(C)CCCC(NCCCOCc2ccco2)C1. The minimum atomic E-state index is 0.520. The first-order valence-electron chi connectivity index (χ1n) is 7.49. The molecule has 0 aliphatic heterocycles. The fraction of sp³-hybridized carbons (Fsp3) is 0.750. The van der Waals surface area contributed by atoms with Crippen molar-refractivity contribution in [3.8, 4) is 0 Å². The molecule has 1 aromatic heterocycles. The largest absolute Gasteiger partial charge is 0.467 e. The Bertz CT molecular complexity index is 346. The van der Waals surface area contributed by atoms with Crippen LogP contribution in [0.25, 0.3) is 0 Å². The molecule has 1 aliphatic carbocycles. The van der Waals surface area contributed by atoms with Crippen LogP contribution >= 0.6 is 0 Å². The van der Waals surface area contributed by atoms with Gasteiger partial charge in [-0.25, -0.2) is 0 Å². The summed E-state index contributed by atoms with van der Waals surface area (Å²) < 4.78 is 10.8. The Hall–Kier alpha value is -0.800. The Labute approximate surface area is 116 Å². The fourth-order valence-electron chi connectivity index (χ4n) is 2.92. The van der Waals surface area contributed by atoms with E-state index in [-0.39, 0.29) is 0 Å². The summed E-state index contributed by atoms with van der Waals surface area (Å²) in [7, 11) is 0. The molecule has 1 fully saturated rings. The summed E-state index contributed by atoms with van der Waals surface area (Å²) in [5, 5.41) is 3.67. The van der Waals surface area contributed by atoms with Crippen LogP contribution in [0.1, 0.15) is 51.7 Å². The van der Waals surface area contributed by atoms with Crippen LogP contribution in [0.4, 0.5) is 0 Å². The van der Waals surface area contributed by atoms with Gasteiger partial charge < -0.3 is 14.5 Å². The summed E-state index contributed by atoms with van der Waals surface area (Å²) >= 11 is 0. The van der Waals surface area contributed by atoms with Crippen LogP contribution in [-0.4, -0.2) is 19.2 Å². The average molecular weight is 265 g/mol. The highest BCUT2D eigenvalue weighted by Crippen LogP contribution is 2.34. The maximum absolute atomic E-state index is 5.57. The third kappa shape index (κ3) is 5.37. The van der Waals surface area contributed by atoms with Crippen LogP contribution in [0.5, 0.6) is 0 Å². The van der Waals surface area contributed by atoms with Gasteiger partial charge in [-0.2, -0.15) is 0 Å². The third-order valence-corrected chi connectivity index (χ3v) is 3.93. The third-order valence-electron chi connectivity index (χ3n) is 3.93. The second kappa shape index (κ2) is 7.11. The molecule has 108 valence electrons. The van der Waals surface area contributed by atoms with Gasteiger partial charge in [-0.15, -0.1) is 0 Å². The molecule has 1 N–H and O–H groups in total. The lowest BCUT2D eigenvalue weighted by Gasteiger charge is -2.35. The van der Waals surface area contributed by atoms with Crippen LogP contribution in [0, 0.1) is 5.41 Å². The Morgan fingerprint density at radius 1 is 1.47 bits per heavy atom. The number of hydrogen-bond acceptors (Lipinski definition) is 3. The van der Waals surface area contributed by atoms with Crippen molar-refractivity contribution in [3.05, 3.63) is 24.2 Å². The first-order chi connectivity index (χ1) is 9.16. The van der Waals surface area contributed by atoms with E-state index in [9.17, 15) is 0 Å². The molecule has 1 heterocycles. The van der Waals surface area contributed by atoms with Crippen LogP contribution < -0.4 is 5.32 Å². The Kier molecular flexibility index (Phi) is 5.46. The lowest BCUT2D eigenvalue weighted by atomic mass is 9.75. The lowest BCUT2D eigenvalue weighted by molar-refractivity contribution is 0.102. The van der Waals surface area contributed by atoms with Crippen molar-refractivity contribution in [2.45, 2.75) is 58.6 Å². The molecular weight excluding hydrogens is 238 g/mol. The molecule has 19 heavy (non-hydrogen) atoms. The Balaban J connectivity index is 1.50.